The number of alkyl halides is 2. The van der Waals surface area contributed by atoms with E-state index < -0.39 is 0 Å². The lowest BCUT2D eigenvalue weighted by Crippen LogP contribution is -1.89. The second-order valence-electron chi connectivity index (χ2n) is 0.779. The van der Waals surface area contributed by atoms with Crippen molar-refractivity contribution in [3.05, 3.63) is 0 Å². The molecule has 0 heterocycles. The van der Waals surface area contributed by atoms with Crippen molar-refractivity contribution in [2.45, 2.75) is 12.5 Å². The van der Waals surface area contributed by atoms with Crippen molar-refractivity contribution >= 4 is 23.2 Å². The molecule has 7 heavy (non-hydrogen) atoms. The normalized spacial score (nSPS) is 11.6. The first-order chi connectivity index (χ1) is 3.27. The minimum atomic E-state index is -0.144. The average Bonchev–Trinajstić information content (AvgIpc) is 1.73. The van der Waals surface area contributed by atoms with E-state index in [0.29, 0.717) is 0 Å². The van der Waals surface area contributed by atoms with Gasteiger partial charge in [0.15, 0.2) is 0 Å². The highest BCUT2D eigenvalue weighted by atomic mass is 35.5. The third kappa shape index (κ3) is 20.9. The van der Waals surface area contributed by atoms with Gasteiger partial charge in [-0.2, -0.15) is 0 Å². The predicted molar refractivity (Wildman–Crippen MR) is 34.1 cm³/mol. The fourth-order valence-corrected chi connectivity index (χ4v) is 0. The monoisotopic (exact) mass is 144 g/mol. The molecule has 0 aromatic rings. The van der Waals surface area contributed by atoms with Crippen LogP contribution in [0.25, 0.3) is 0 Å². The maximum Gasteiger partial charge on any atom is 0.128 e. The Labute approximate surface area is 54.6 Å². The van der Waals surface area contributed by atoms with Gasteiger partial charge in [0.1, 0.15) is 5.56 Å². The minimum absolute atomic E-state index is 0.144. The SMILES string of the molecule is CCl.COC(C)Cl. The van der Waals surface area contributed by atoms with Crippen LogP contribution in [-0.4, -0.2) is 19.1 Å². The zero-order chi connectivity index (χ0) is 6.28. The zero-order valence-electron chi connectivity index (χ0n) is 4.74. The molecule has 0 N–H and O–H groups in total. The summed E-state index contributed by atoms with van der Waals surface area (Å²) in [5.41, 5.74) is -0.144. The van der Waals surface area contributed by atoms with Crippen molar-refractivity contribution in [1.29, 1.82) is 0 Å². The number of hydrogen-bond donors (Lipinski definition) is 0. The van der Waals surface area contributed by atoms with Crippen LogP contribution in [0.15, 0.2) is 0 Å². The average molecular weight is 145 g/mol. The number of methoxy groups -OCH3 is 1. The van der Waals surface area contributed by atoms with Gasteiger partial charge in [-0.25, -0.2) is 0 Å². The molecule has 1 unspecified atom stereocenters. The van der Waals surface area contributed by atoms with Crippen LogP contribution in [0.5, 0.6) is 0 Å². The van der Waals surface area contributed by atoms with Gasteiger partial charge in [-0.15, -0.1) is 11.6 Å². The zero-order valence-corrected chi connectivity index (χ0v) is 6.25. The summed E-state index contributed by atoms with van der Waals surface area (Å²) in [6.07, 6.45) is 1.47. The molecular weight excluding hydrogens is 135 g/mol. The Morgan fingerprint density at radius 3 is 1.57 bits per heavy atom. The van der Waals surface area contributed by atoms with E-state index >= 15 is 0 Å². The van der Waals surface area contributed by atoms with E-state index in [4.69, 9.17) is 11.6 Å². The smallest absolute Gasteiger partial charge is 0.128 e. The van der Waals surface area contributed by atoms with Gasteiger partial charge in [0.2, 0.25) is 0 Å². The van der Waals surface area contributed by atoms with Crippen LogP contribution in [0.3, 0.4) is 0 Å². The highest BCUT2D eigenvalue weighted by Gasteiger charge is 1.82. The molecule has 0 aliphatic heterocycles. The molecule has 0 aliphatic rings. The van der Waals surface area contributed by atoms with E-state index in [9.17, 15) is 0 Å². The predicted octanol–water partition coefficient (Wildman–Crippen LogP) is 2.07. The van der Waals surface area contributed by atoms with E-state index in [1.807, 2.05) is 0 Å². The lowest BCUT2D eigenvalue weighted by atomic mass is 10.9. The first-order valence-electron chi connectivity index (χ1n) is 1.82. The molecule has 0 radical (unpaired) electrons. The Hall–Kier alpha value is 0.540. The molecule has 1 nitrogen and oxygen atoms in total. The van der Waals surface area contributed by atoms with Crippen LogP contribution < -0.4 is 0 Å². The fourth-order valence-electron chi connectivity index (χ4n) is 0. The quantitative estimate of drug-likeness (QED) is 0.513. The van der Waals surface area contributed by atoms with Gasteiger partial charge in [-0.3, -0.25) is 0 Å². The number of ether oxygens (including phenoxy) is 1. The third-order valence-electron chi connectivity index (χ3n) is 0.325. The van der Waals surface area contributed by atoms with Crippen LogP contribution in [-0.2, 0) is 4.74 Å². The standard InChI is InChI=1S/C3H7ClO.CH3Cl/c1-3(4)5-2;1-2/h3H,1-2H3;1H3. The maximum atomic E-state index is 5.24. The molecule has 0 spiro atoms. The summed E-state index contributed by atoms with van der Waals surface area (Å²) < 4.78 is 4.52. The molecule has 1 atom stereocenters. The summed E-state index contributed by atoms with van der Waals surface area (Å²) >= 11 is 9.88. The largest absolute Gasteiger partial charge is 0.366 e. The molecule has 0 saturated carbocycles. The first kappa shape index (κ1) is 10.5. The molecule has 0 bridgehead atoms. The van der Waals surface area contributed by atoms with Crippen molar-refractivity contribution in [2.75, 3.05) is 13.5 Å². The van der Waals surface area contributed by atoms with Crippen LogP contribution >= 0.6 is 23.2 Å². The van der Waals surface area contributed by atoms with Gasteiger partial charge in [-0.1, -0.05) is 11.6 Å². The molecule has 0 rings (SSSR count). The molecule has 3 heteroatoms. The molecule has 0 fully saturated rings. The van der Waals surface area contributed by atoms with E-state index in [1.54, 1.807) is 14.0 Å². The van der Waals surface area contributed by atoms with Crippen LogP contribution in [0.1, 0.15) is 6.92 Å². The van der Waals surface area contributed by atoms with Gasteiger partial charge < -0.3 is 4.74 Å². The van der Waals surface area contributed by atoms with Crippen LogP contribution in [0.2, 0.25) is 0 Å². The van der Waals surface area contributed by atoms with Crippen molar-refractivity contribution in [3.8, 4) is 0 Å². The first-order valence-corrected chi connectivity index (χ1v) is 3.01. The summed E-state index contributed by atoms with van der Waals surface area (Å²) in [5.74, 6) is 0. The number of hydrogen-bond acceptors (Lipinski definition) is 1. The van der Waals surface area contributed by atoms with Crippen molar-refractivity contribution in [3.63, 3.8) is 0 Å². The second kappa shape index (κ2) is 9.74. The summed E-state index contributed by atoms with van der Waals surface area (Å²) in [4.78, 5) is 0. The highest BCUT2D eigenvalue weighted by Crippen LogP contribution is 1.89. The highest BCUT2D eigenvalue weighted by molar-refractivity contribution is 6.19. The van der Waals surface area contributed by atoms with Gasteiger partial charge in [-0.05, 0) is 6.92 Å². The molecule has 0 aromatic carbocycles. The van der Waals surface area contributed by atoms with Gasteiger partial charge >= 0.3 is 0 Å². The number of rotatable bonds is 1. The van der Waals surface area contributed by atoms with Crippen molar-refractivity contribution < 1.29 is 4.74 Å². The van der Waals surface area contributed by atoms with Crippen molar-refractivity contribution in [2.24, 2.45) is 0 Å². The number of halogens is 2. The van der Waals surface area contributed by atoms with Crippen molar-refractivity contribution in [1.82, 2.24) is 0 Å². The van der Waals surface area contributed by atoms with Crippen LogP contribution in [0, 0.1) is 0 Å². The van der Waals surface area contributed by atoms with E-state index in [0.717, 1.165) is 0 Å². The topological polar surface area (TPSA) is 9.23 Å². The molecule has 0 aromatic heterocycles. The summed E-state index contributed by atoms with van der Waals surface area (Å²) in [6, 6.07) is 0. The van der Waals surface area contributed by atoms with Gasteiger partial charge in [0, 0.05) is 13.5 Å². The Kier molecular flexibility index (Phi) is 14.6. The minimum Gasteiger partial charge on any atom is -0.366 e. The molecule has 0 saturated heterocycles. The lowest BCUT2D eigenvalue weighted by Gasteiger charge is -1.91. The molecule has 46 valence electrons. The fraction of sp³-hybridized carbons (Fsp3) is 1.00. The summed E-state index contributed by atoms with van der Waals surface area (Å²) in [5, 5.41) is 0. The van der Waals surface area contributed by atoms with E-state index in [1.165, 1.54) is 6.38 Å². The Morgan fingerprint density at radius 2 is 1.57 bits per heavy atom. The van der Waals surface area contributed by atoms with Gasteiger partial charge in [0.25, 0.3) is 0 Å². The van der Waals surface area contributed by atoms with Crippen LogP contribution in [0.4, 0.5) is 0 Å². The molecular formula is C4H10Cl2O. The third-order valence-corrected chi connectivity index (χ3v) is 0.503. The Morgan fingerprint density at radius 1 is 1.43 bits per heavy atom. The summed E-state index contributed by atoms with van der Waals surface area (Å²) in [6.45, 7) is 1.77. The summed E-state index contributed by atoms with van der Waals surface area (Å²) in [7, 11) is 1.57. The maximum absolute atomic E-state index is 5.24. The van der Waals surface area contributed by atoms with Gasteiger partial charge in [0.05, 0.1) is 0 Å². The van der Waals surface area contributed by atoms with E-state index in [-0.39, 0.29) is 5.56 Å². The second-order valence-corrected chi connectivity index (χ2v) is 1.39. The molecule has 0 aliphatic carbocycles. The lowest BCUT2D eigenvalue weighted by molar-refractivity contribution is 0.182. The molecule has 0 amide bonds. The Balaban J connectivity index is 0. The van der Waals surface area contributed by atoms with E-state index in [2.05, 4.69) is 16.3 Å². The Bertz CT molecular complexity index is 23.7.